The van der Waals surface area contributed by atoms with E-state index in [0.717, 1.165) is 0 Å². The summed E-state index contributed by atoms with van der Waals surface area (Å²) in [6, 6.07) is 0. The molecule has 2 fully saturated rings. The van der Waals surface area contributed by atoms with Gasteiger partial charge in [-0.25, -0.2) is 0 Å². The van der Waals surface area contributed by atoms with Gasteiger partial charge in [0.1, 0.15) is 0 Å². The van der Waals surface area contributed by atoms with Crippen LogP contribution in [-0.4, -0.2) is 43.7 Å². The molecule has 0 bridgehead atoms. The van der Waals surface area contributed by atoms with Crippen LogP contribution in [0, 0.1) is 0 Å². The van der Waals surface area contributed by atoms with Gasteiger partial charge in [-0.1, -0.05) is 13.0 Å². The Bertz CT molecular complexity index is 226. The van der Waals surface area contributed by atoms with E-state index in [0.29, 0.717) is 5.54 Å². The van der Waals surface area contributed by atoms with Crippen LogP contribution in [0.4, 0.5) is 0 Å². The third-order valence-corrected chi connectivity index (χ3v) is 10.1. The van der Waals surface area contributed by atoms with Crippen LogP contribution in [0.3, 0.4) is 0 Å². The highest BCUT2D eigenvalue weighted by Crippen LogP contribution is 2.34. The molecular weight excluding hydrogens is 212 g/mol. The summed E-state index contributed by atoms with van der Waals surface area (Å²) in [5.74, 6) is 0. The number of hydrogen-bond acceptors (Lipinski definition) is 2. The van der Waals surface area contributed by atoms with Crippen LogP contribution in [0.15, 0.2) is 12.7 Å². The Morgan fingerprint density at radius 1 is 1.00 bits per heavy atom. The van der Waals surface area contributed by atoms with Gasteiger partial charge in [-0.05, 0) is 64.0 Å². The highest BCUT2D eigenvalue weighted by atomic mass is 28.3. The maximum Gasteiger partial charge on any atom is 0.210 e. The second-order valence-corrected chi connectivity index (χ2v) is 9.87. The maximum absolute atomic E-state index is 4.05. The molecule has 1 unspecified atom stereocenters. The van der Waals surface area contributed by atoms with E-state index in [2.05, 4.69) is 35.3 Å². The summed E-state index contributed by atoms with van der Waals surface area (Å²) in [5, 5.41) is 0. The molecule has 2 rings (SSSR count). The molecule has 2 saturated heterocycles. The van der Waals surface area contributed by atoms with E-state index in [9.17, 15) is 0 Å². The van der Waals surface area contributed by atoms with Crippen molar-refractivity contribution in [3.8, 4) is 0 Å². The first kappa shape index (κ1) is 12.3. The SMILES string of the molecule is C=CC(C)[Si](C)(N1CCCC1)N1CCCC1. The lowest BCUT2D eigenvalue weighted by Crippen LogP contribution is -2.64. The number of hydrogen-bond donors (Lipinski definition) is 0. The zero-order valence-corrected chi connectivity index (χ0v) is 11.9. The van der Waals surface area contributed by atoms with E-state index in [-0.39, 0.29) is 0 Å². The maximum atomic E-state index is 4.05. The van der Waals surface area contributed by atoms with Crippen LogP contribution in [0.1, 0.15) is 32.6 Å². The molecule has 0 N–H and O–H groups in total. The van der Waals surface area contributed by atoms with Crippen molar-refractivity contribution < 1.29 is 0 Å². The highest BCUT2D eigenvalue weighted by Gasteiger charge is 2.46. The molecule has 0 aromatic heterocycles. The highest BCUT2D eigenvalue weighted by molar-refractivity contribution is 6.75. The van der Waals surface area contributed by atoms with E-state index < -0.39 is 8.40 Å². The largest absolute Gasteiger partial charge is 0.311 e. The molecule has 0 aliphatic carbocycles. The molecule has 3 heteroatoms. The van der Waals surface area contributed by atoms with Gasteiger partial charge in [0, 0.05) is 0 Å². The summed E-state index contributed by atoms with van der Waals surface area (Å²) in [7, 11) is -1.44. The van der Waals surface area contributed by atoms with Crippen molar-refractivity contribution >= 4 is 8.40 Å². The Hall–Kier alpha value is -0.123. The van der Waals surface area contributed by atoms with Gasteiger partial charge >= 0.3 is 0 Å². The van der Waals surface area contributed by atoms with Gasteiger partial charge < -0.3 is 9.13 Å². The Kier molecular flexibility index (Phi) is 3.87. The number of rotatable bonds is 4. The Morgan fingerprint density at radius 3 is 1.69 bits per heavy atom. The molecule has 0 radical (unpaired) electrons. The molecule has 2 aliphatic heterocycles. The standard InChI is InChI=1S/C13H26N2Si/c1-4-13(2)16(3,14-9-5-6-10-14)15-11-7-8-12-15/h4,13H,1,5-12H2,2-3H3. The molecule has 0 amide bonds. The van der Waals surface area contributed by atoms with Crippen molar-refractivity contribution in [2.75, 3.05) is 26.2 Å². The van der Waals surface area contributed by atoms with Crippen molar-refractivity contribution in [2.24, 2.45) is 0 Å². The molecular formula is C13H26N2Si. The molecule has 2 heterocycles. The fourth-order valence-electron chi connectivity index (χ4n) is 3.34. The van der Waals surface area contributed by atoms with Gasteiger partial charge in [-0.2, -0.15) is 0 Å². The number of allylic oxidation sites excluding steroid dienone is 1. The molecule has 0 saturated carbocycles. The van der Waals surface area contributed by atoms with Crippen LogP contribution in [0.25, 0.3) is 0 Å². The third kappa shape index (κ3) is 2.00. The van der Waals surface area contributed by atoms with E-state index in [1.807, 2.05) is 0 Å². The Morgan fingerprint density at radius 2 is 1.38 bits per heavy atom. The topological polar surface area (TPSA) is 6.48 Å². The van der Waals surface area contributed by atoms with Crippen molar-refractivity contribution in [3.05, 3.63) is 12.7 Å². The fraction of sp³-hybridized carbons (Fsp3) is 0.846. The van der Waals surface area contributed by atoms with Crippen molar-refractivity contribution in [3.63, 3.8) is 0 Å². The summed E-state index contributed by atoms with van der Waals surface area (Å²) in [5.41, 5.74) is 0.684. The summed E-state index contributed by atoms with van der Waals surface area (Å²) < 4.78 is 5.65. The molecule has 2 aliphatic rings. The minimum Gasteiger partial charge on any atom is -0.311 e. The van der Waals surface area contributed by atoms with Gasteiger partial charge in [0.15, 0.2) is 0 Å². The molecule has 16 heavy (non-hydrogen) atoms. The first-order chi connectivity index (χ1) is 7.69. The normalized spacial score (nSPS) is 26.1. The minimum atomic E-state index is -1.44. The van der Waals surface area contributed by atoms with E-state index in [4.69, 9.17) is 0 Å². The average Bonchev–Trinajstić information content (AvgIpc) is 2.98. The van der Waals surface area contributed by atoms with Gasteiger partial charge in [-0.15, -0.1) is 6.58 Å². The van der Waals surface area contributed by atoms with Crippen LogP contribution < -0.4 is 0 Å². The summed E-state index contributed by atoms with van der Waals surface area (Å²) in [4.78, 5) is 0. The smallest absolute Gasteiger partial charge is 0.210 e. The first-order valence-corrected chi connectivity index (χ1v) is 9.29. The number of nitrogens with zero attached hydrogens (tertiary/aromatic N) is 2. The Balaban J connectivity index is 2.19. The van der Waals surface area contributed by atoms with Crippen molar-refractivity contribution in [1.82, 2.24) is 9.13 Å². The average molecular weight is 238 g/mol. The van der Waals surface area contributed by atoms with E-state index in [1.54, 1.807) is 0 Å². The van der Waals surface area contributed by atoms with Crippen LogP contribution in [-0.2, 0) is 0 Å². The molecule has 92 valence electrons. The van der Waals surface area contributed by atoms with E-state index in [1.165, 1.54) is 51.9 Å². The second kappa shape index (κ2) is 5.03. The zero-order chi connectivity index (χ0) is 11.6. The second-order valence-electron chi connectivity index (χ2n) is 5.51. The monoisotopic (exact) mass is 238 g/mol. The van der Waals surface area contributed by atoms with Gasteiger partial charge in [0.05, 0.1) is 0 Å². The molecule has 1 atom stereocenters. The fourth-order valence-corrected chi connectivity index (χ4v) is 7.78. The first-order valence-electron chi connectivity index (χ1n) is 6.82. The lowest BCUT2D eigenvalue weighted by Gasteiger charge is -2.46. The van der Waals surface area contributed by atoms with Crippen molar-refractivity contribution in [2.45, 2.75) is 44.7 Å². The summed E-state index contributed by atoms with van der Waals surface area (Å²) in [6.45, 7) is 14.3. The van der Waals surface area contributed by atoms with Gasteiger partial charge in [-0.3, -0.25) is 0 Å². The van der Waals surface area contributed by atoms with Crippen LogP contribution in [0.5, 0.6) is 0 Å². The van der Waals surface area contributed by atoms with E-state index >= 15 is 0 Å². The van der Waals surface area contributed by atoms with Crippen LogP contribution >= 0.6 is 0 Å². The predicted octanol–water partition coefficient (Wildman–Crippen LogP) is 2.83. The van der Waals surface area contributed by atoms with Gasteiger partial charge in [0.25, 0.3) is 0 Å². The Labute approximate surface area is 101 Å². The van der Waals surface area contributed by atoms with Crippen LogP contribution in [0.2, 0.25) is 12.1 Å². The lowest BCUT2D eigenvalue weighted by atomic mass is 10.4. The zero-order valence-electron chi connectivity index (χ0n) is 10.9. The molecule has 0 spiro atoms. The summed E-state index contributed by atoms with van der Waals surface area (Å²) >= 11 is 0. The third-order valence-electron chi connectivity index (χ3n) is 4.71. The quantitative estimate of drug-likeness (QED) is 0.549. The lowest BCUT2D eigenvalue weighted by molar-refractivity contribution is 0.391. The summed E-state index contributed by atoms with van der Waals surface area (Å²) in [6.07, 6.45) is 7.81. The van der Waals surface area contributed by atoms with Crippen molar-refractivity contribution in [1.29, 1.82) is 0 Å². The minimum absolute atomic E-state index is 0.684. The molecule has 0 aromatic rings. The predicted molar refractivity (Wildman–Crippen MR) is 72.9 cm³/mol. The molecule has 0 aromatic carbocycles. The van der Waals surface area contributed by atoms with Gasteiger partial charge in [0.2, 0.25) is 8.40 Å². The molecule has 2 nitrogen and oxygen atoms in total.